The van der Waals surface area contributed by atoms with Gasteiger partial charge in [-0.15, -0.1) is 0 Å². The fraction of sp³-hybridized carbons (Fsp3) is 0.250. The number of rotatable bonds is 4. The van der Waals surface area contributed by atoms with Crippen LogP contribution in [-0.4, -0.2) is 34.1 Å². The number of hydrogen-bond acceptors (Lipinski definition) is 7. The quantitative estimate of drug-likeness (QED) is 0.552. The number of nitrogens with zero attached hydrogens (tertiary/aromatic N) is 5. The number of amides is 1. The van der Waals surface area contributed by atoms with Crippen LogP contribution in [0.5, 0.6) is 0 Å². The lowest BCUT2D eigenvalue weighted by atomic mass is 10.0. The lowest BCUT2D eigenvalue weighted by Gasteiger charge is -2.17. The molecule has 140 valence electrons. The first-order valence-corrected chi connectivity index (χ1v) is 8.96. The molecule has 4 rings (SSSR count). The minimum Gasteiger partial charge on any atom is -0.361 e. The molecule has 4 heterocycles. The van der Waals surface area contributed by atoms with Crippen molar-refractivity contribution in [1.82, 2.24) is 20.4 Å². The van der Waals surface area contributed by atoms with Crippen LogP contribution in [0.15, 0.2) is 47.4 Å². The van der Waals surface area contributed by atoms with E-state index in [4.69, 9.17) is 4.52 Å². The number of carbonyl (C=O) groups is 1. The van der Waals surface area contributed by atoms with E-state index in [9.17, 15) is 10.1 Å². The Bertz CT molecular complexity index is 1050. The summed E-state index contributed by atoms with van der Waals surface area (Å²) in [6.45, 7) is 3.20. The minimum absolute atomic E-state index is 0.200. The number of aromatic nitrogens is 3. The molecule has 1 aliphatic rings. The van der Waals surface area contributed by atoms with Gasteiger partial charge in [-0.2, -0.15) is 10.2 Å². The van der Waals surface area contributed by atoms with Crippen molar-refractivity contribution in [2.24, 2.45) is 5.92 Å². The van der Waals surface area contributed by atoms with Gasteiger partial charge in [0.05, 0.1) is 23.4 Å². The highest BCUT2D eigenvalue weighted by Gasteiger charge is 2.29. The molecule has 8 nitrogen and oxygen atoms in total. The van der Waals surface area contributed by atoms with Gasteiger partial charge in [-0.3, -0.25) is 9.78 Å². The summed E-state index contributed by atoms with van der Waals surface area (Å²) >= 11 is 0. The highest BCUT2D eigenvalue weighted by molar-refractivity contribution is 5.97. The molecule has 0 bridgehead atoms. The summed E-state index contributed by atoms with van der Waals surface area (Å²) in [7, 11) is 0. The normalized spacial score (nSPS) is 15.9. The highest BCUT2D eigenvalue weighted by Crippen LogP contribution is 2.28. The maximum atomic E-state index is 12.7. The second-order valence-electron chi connectivity index (χ2n) is 6.59. The van der Waals surface area contributed by atoms with E-state index < -0.39 is 0 Å². The predicted molar refractivity (Wildman–Crippen MR) is 102 cm³/mol. The molecule has 1 aliphatic heterocycles. The van der Waals surface area contributed by atoms with Crippen LogP contribution < -0.4 is 10.2 Å². The van der Waals surface area contributed by atoms with Crippen LogP contribution in [0.25, 0.3) is 22.4 Å². The molecule has 1 fully saturated rings. The van der Waals surface area contributed by atoms with E-state index in [1.54, 1.807) is 24.7 Å². The Kier molecular flexibility index (Phi) is 4.83. The van der Waals surface area contributed by atoms with E-state index in [2.05, 4.69) is 20.4 Å². The molecule has 1 amide bonds. The number of nitrogens with one attached hydrogen (secondary N) is 1. The second-order valence-corrected chi connectivity index (χ2v) is 6.59. The van der Waals surface area contributed by atoms with Crippen LogP contribution in [0.1, 0.15) is 12.2 Å². The standard InChI is InChI=1S/C20H18N6O2/c1-13-17(11-25-28-13)18-8-14(3-6-23-18)15-4-7-24-19(9-15)26(12-21)20(27)16-2-5-22-10-16/h3-4,6-9,11,16,22H,2,5,10H2,1H3/t16-/m0/s1. The smallest absolute Gasteiger partial charge is 0.246 e. The summed E-state index contributed by atoms with van der Waals surface area (Å²) in [5.41, 5.74) is 3.28. The largest absolute Gasteiger partial charge is 0.361 e. The Morgan fingerprint density at radius 2 is 2.07 bits per heavy atom. The van der Waals surface area contributed by atoms with Crippen LogP contribution in [-0.2, 0) is 4.79 Å². The zero-order valence-corrected chi connectivity index (χ0v) is 15.3. The first-order chi connectivity index (χ1) is 13.7. The third kappa shape index (κ3) is 3.35. The molecule has 0 aliphatic carbocycles. The molecule has 1 atom stereocenters. The second kappa shape index (κ2) is 7.58. The molecular formula is C20H18N6O2. The van der Waals surface area contributed by atoms with Gasteiger partial charge in [0.1, 0.15) is 11.6 Å². The summed E-state index contributed by atoms with van der Waals surface area (Å²) in [5.74, 6) is 0.574. The summed E-state index contributed by atoms with van der Waals surface area (Å²) in [4.78, 5) is 22.4. The van der Waals surface area contributed by atoms with Gasteiger partial charge in [-0.1, -0.05) is 5.16 Å². The van der Waals surface area contributed by atoms with Gasteiger partial charge in [-0.25, -0.2) is 4.98 Å². The Morgan fingerprint density at radius 1 is 1.29 bits per heavy atom. The van der Waals surface area contributed by atoms with Gasteiger partial charge in [0, 0.05) is 18.9 Å². The first-order valence-electron chi connectivity index (χ1n) is 8.96. The van der Waals surface area contributed by atoms with Crippen molar-refractivity contribution in [3.8, 4) is 28.6 Å². The average molecular weight is 374 g/mol. The number of pyridine rings is 2. The van der Waals surface area contributed by atoms with E-state index >= 15 is 0 Å². The number of carbonyl (C=O) groups excluding carboxylic acids is 1. The Morgan fingerprint density at radius 3 is 2.75 bits per heavy atom. The molecular weight excluding hydrogens is 356 g/mol. The van der Waals surface area contributed by atoms with Gasteiger partial charge >= 0.3 is 0 Å². The fourth-order valence-corrected chi connectivity index (χ4v) is 3.28. The molecule has 0 unspecified atom stereocenters. The molecule has 0 spiro atoms. The number of hydrogen-bond donors (Lipinski definition) is 1. The monoisotopic (exact) mass is 374 g/mol. The predicted octanol–water partition coefficient (Wildman–Crippen LogP) is 2.53. The van der Waals surface area contributed by atoms with E-state index in [0.29, 0.717) is 18.1 Å². The van der Waals surface area contributed by atoms with Crippen LogP contribution in [0.3, 0.4) is 0 Å². The Hall–Kier alpha value is -3.57. The van der Waals surface area contributed by atoms with E-state index in [1.165, 1.54) is 0 Å². The molecule has 0 saturated carbocycles. The third-order valence-electron chi connectivity index (χ3n) is 4.82. The van der Waals surface area contributed by atoms with Crippen molar-refractivity contribution in [3.05, 3.63) is 48.6 Å². The lowest BCUT2D eigenvalue weighted by molar-refractivity contribution is -0.121. The number of nitriles is 1. The van der Waals surface area contributed by atoms with Crippen LogP contribution in [0.4, 0.5) is 5.82 Å². The zero-order chi connectivity index (χ0) is 19.5. The number of aryl methyl sites for hydroxylation is 1. The Balaban J connectivity index is 1.66. The van der Waals surface area contributed by atoms with Crippen LogP contribution in [0, 0.1) is 24.3 Å². The molecule has 3 aromatic rings. The fourth-order valence-electron chi connectivity index (χ4n) is 3.28. The van der Waals surface area contributed by atoms with Gasteiger partial charge < -0.3 is 9.84 Å². The summed E-state index contributed by atoms with van der Waals surface area (Å²) < 4.78 is 5.12. The molecule has 0 radical (unpaired) electrons. The van der Waals surface area contributed by atoms with Crippen molar-refractivity contribution in [2.75, 3.05) is 18.0 Å². The number of anilines is 1. The first kappa shape index (κ1) is 17.8. The van der Waals surface area contributed by atoms with E-state index in [-0.39, 0.29) is 11.8 Å². The van der Waals surface area contributed by atoms with E-state index in [0.717, 1.165) is 40.2 Å². The molecule has 28 heavy (non-hydrogen) atoms. The van der Waals surface area contributed by atoms with Crippen LogP contribution >= 0.6 is 0 Å². The van der Waals surface area contributed by atoms with Gasteiger partial charge in [0.2, 0.25) is 5.91 Å². The summed E-state index contributed by atoms with van der Waals surface area (Å²) in [5, 5.41) is 16.5. The van der Waals surface area contributed by atoms with Crippen molar-refractivity contribution < 1.29 is 9.32 Å². The average Bonchev–Trinajstić information content (AvgIpc) is 3.41. The van der Waals surface area contributed by atoms with Gasteiger partial charge in [0.15, 0.2) is 6.19 Å². The maximum absolute atomic E-state index is 12.7. The van der Waals surface area contributed by atoms with Crippen molar-refractivity contribution in [1.29, 1.82) is 5.26 Å². The third-order valence-corrected chi connectivity index (χ3v) is 4.82. The van der Waals surface area contributed by atoms with Gasteiger partial charge in [-0.05, 0) is 55.3 Å². The molecule has 1 saturated heterocycles. The van der Waals surface area contributed by atoms with Gasteiger partial charge in [0.25, 0.3) is 0 Å². The van der Waals surface area contributed by atoms with E-state index in [1.807, 2.05) is 31.3 Å². The highest BCUT2D eigenvalue weighted by atomic mass is 16.5. The summed E-state index contributed by atoms with van der Waals surface area (Å²) in [6.07, 6.45) is 7.63. The summed E-state index contributed by atoms with van der Waals surface area (Å²) in [6, 6.07) is 7.35. The minimum atomic E-state index is -0.229. The molecule has 1 N–H and O–H groups in total. The van der Waals surface area contributed by atoms with Crippen molar-refractivity contribution >= 4 is 11.7 Å². The van der Waals surface area contributed by atoms with Crippen molar-refractivity contribution in [3.63, 3.8) is 0 Å². The molecule has 3 aromatic heterocycles. The van der Waals surface area contributed by atoms with Crippen LogP contribution in [0.2, 0.25) is 0 Å². The Labute approximate surface area is 161 Å². The SMILES string of the molecule is Cc1oncc1-c1cc(-c2ccnc(N(C#N)C(=O)[C@H]3CCNC3)c2)ccn1. The molecule has 0 aromatic carbocycles. The zero-order valence-electron chi connectivity index (χ0n) is 15.3. The lowest BCUT2D eigenvalue weighted by Crippen LogP contribution is -2.34. The van der Waals surface area contributed by atoms with Crippen molar-refractivity contribution in [2.45, 2.75) is 13.3 Å². The molecule has 8 heteroatoms. The topological polar surface area (TPSA) is 108 Å². The maximum Gasteiger partial charge on any atom is 0.246 e.